The molecule has 0 atom stereocenters. The maximum absolute atomic E-state index is 6.18. The van der Waals surface area contributed by atoms with Gasteiger partial charge in [-0.25, -0.2) is 4.98 Å². The third-order valence-corrected chi connectivity index (χ3v) is 4.83. The van der Waals surface area contributed by atoms with Gasteiger partial charge in [-0.3, -0.25) is 4.98 Å². The van der Waals surface area contributed by atoms with Crippen molar-refractivity contribution in [3.63, 3.8) is 0 Å². The minimum Gasteiger partial charge on any atom is -0.341 e. The molecular weight excluding hydrogens is 329 g/mol. The van der Waals surface area contributed by atoms with E-state index in [9.17, 15) is 0 Å². The largest absolute Gasteiger partial charge is 0.341 e. The molecule has 0 aliphatic heterocycles. The molecule has 1 fully saturated rings. The summed E-state index contributed by atoms with van der Waals surface area (Å²) in [6.45, 7) is 0. The molecule has 2 aromatic heterocycles. The number of hydrogen-bond donors (Lipinski definition) is 1. The minimum atomic E-state index is 0.539. The molecule has 0 saturated heterocycles. The molecule has 23 heavy (non-hydrogen) atoms. The average molecular weight is 344 g/mol. The Morgan fingerprint density at radius 2 is 1.78 bits per heavy atom. The first-order chi connectivity index (χ1) is 11.2. The van der Waals surface area contributed by atoms with E-state index in [0.29, 0.717) is 10.0 Å². The summed E-state index contributed by atoms with van der Waals surface area (Å²) in [7, 11) is 0. The molecule has 1 aliphatic rings. The van der Waals surface area contributed by atoms with Crippen LogP contribution in [0.1, 0.15) is 18.7 Å². The molecule has 4 rings (SSSR count). The van der Waals surface area contributed by atoms with Gasteiger partial charge in [-0.15, -0.1) is 0 Å². The van der Waals surface area contributed by atoms with E-state index >= 15 is 0 Å². The molecule has 0 bridgehead atoms. The molecule has 3 nitrogen and oxygen atoms in total. The van der Waals surface area contributed by atoms with E-state index in [2.05, 4.69) is 9.97 Å². The van der Waals surface area contributed by atoms with Crippen LogP contribution in [-0.2, 0) is 6.42 Å². The average Bonchev–Trinajstić information content (AvgIpc) is 3.28. The Bertz CT molecular complexity index is 839. The fourth-order valence-corrected chi connectivity index (χ4v) is 2.99. The van der Waals surface area contributed by atoms with Crippen LogP contribution in [0, 0.1) is 5.92 Å². The third kappa shape index (κ3) is 3.12. The summed E-state index contributed by atoms with van der Waals surface area (Å²) >= 11 is 12.2. The summed E-state index contributed by atoms with van der Waals surface area (Å²) in [5.74, 6) is 1.80. The number of hydrogen-bond acceptors (Lipinski definition) is 2. The predicted octanol–water partition coefficient (Wildman–Crippen LogP) is 5.40. The summed E-state index contributed by atoms with van der Waals surface area (Å²) in [6, 6.07) is 9.59. The molecule has 116 valence electrons. The van der Waals surface area contributed by atoms with Crippen molar-refractivity contribution in [2.45, 2.75) is 19.3 Å². The number of nitrogens with zero attached hydrogens (tertiary/aromatic N) is 2. The van der Waals surface area contributed by atoms with Gasteiger partial charge < -0.3 is 4.98 Å². The van der Waals surface area contributed by atoms with Gasteiger partial charge in [-0.1, -0.05) is 29.3 Å². The number of imidazole rings is 1. The SMILES string of the molecule is Clc1ccc(-c2nc(CC3CC3)[nH]c2-c2ccncc2)cc1Cl. The van der Waals surface area contributed by atoms with E-state index < -0.39 is 0 Å². The standard InChI is InChI=1S/C18H15Cl2N3/c19-14-4-3-13(10-15(14)20)18-17(12-5-7-21-8-6-12)22-16(23-18)9-11-1-2-11/h3-8,10-11H,1-2,9H2,(H,22,23). The Morgan fingerprint density at radius 1 is 1.00 bits per heavy atom. The molecular formula is C18H15Cl2N3. The highest BCUT2D eigenvalue weighted by atomic mass is 35.5. The third-order valence-electron chi connectivity index (χ3n) is 4.09. The maximum Gasteiger partial charge on any atom is 0.107 e. The zero-order valence-electron chi connectivity index (χ0n) is 12.4. The molecule has 1 aromatic carbocycles. The highest BCUT2D eigenvalue weighted by molar-refractivity contribution is 6.42. The maximum atomic E-state index is 6.18. The van der Waals surface area contributed by atoms with Crippen LogP contribution in [0.3, 0.4) is 0 Å². The van der Waals surface area contributed by atoms with Gasteiger partial charge in [0.1, 0.15) is 5.82 Å². The van der Waals surface area contributed by atoms with Crippen molar-refractivity contribution in [2.75, 3.05) is 0 Å². The van der Waals surface area contributed by atoms with Crippen LogP contribution in [0.25, 0.3) is 22.5 Å². The summed E-state index contributed by atoms with van der Waals surface area (Å²) < 4.78 is 0. The van der Waals surface area contributed by atoms with Crippen molar-refractivity contribution < 1.29 is 0 Å². The minimum absolute atomic E-state index is 0.539. The van der Waals surface area contributed by atoms with Crippen molar-refractivity contribution in [3.8, 4) is 22.5 Å². The van der Waals surface area contributed by atoms with E-state index in [1.165, 1.54) is 12.8 Å². The van der Waals surface area contributed by atoms with Crippen molar-refractivity contribution >= 4 is 23.2 Å². The molecule has 0 radical (unpaired) electrons. The normalized spacial score (nSPS) is 14.2. The molecule has 2 heterocycles. The first-order valence-electron chi connectivity index (χ1n) is 7.65. The Hall–Kier alpha value is -1.84. The van der Waals surface area contributed by atoms with E-state index in [1.807, 2.05) is 30.3 Å². The lowest BCUT2D eigenvalue weighted by atomic mass is 10.1. The summed E-state index contributed by atoms with van der Waals surface area (Å²) in [4.78, 5) is 12.4. The van der Waals surface area contributed by atoms with E-state index in [0.717, 1.165) is 40.7 Å². The van der Waals surface area contributed by atoms with Crippen LogP contribution in [-0.4, -0.2) is 15.0 Å². The van der Waals surface area contributed by atoms with E-state index in [-0.39, 0.29) is 0 Å². The van der Waals surface area contributed by atoms with E-state index in [4.69, 9.17) is 28.2 Å². The molecule has 5 heteroatoms. The number of nitrogens with one attached hydrogen (secondary N) is 1. The van der Waals surface area contributed by atoms with Crippen molar-refractivity contribution in [1.82, 2.24) is 15.0 Å². The molecule has 1 aliphatic carbocycles. The summed E-state index contributed by atoms with van der Waals surface area (Å²) in [5.41, 5.74) is 3.94. The van der Waals surface area contributed by atoms with Gasteiger partial charge in [0.2, 0.25) is 0 Å². The smallest absolute Gasteiger partial charge is 0.107 e. The van der Waals surface area contributed by atoms with Gasteiger partial charge in [0, 0.05) is 29.9 Å². The molecule has 1 saturated carbocycles. The second-order valence-electron chi connectivity index (χ2n) is 5.92. The molecule has 3 aromatic rings. The number of halogens is 2. The van der Waals surface area contributed by atoms with Crippen LogP contribution in [0.2, 0.25) is 10.0 Å². The zero-order valence-corrected chi connectivity index (χ0v) is 13.9. The lowest BCUT2D eigenvalue weighted by Gasteiger charge is -2.04. The highest BCUT2D eigenvalue weighted by Crippen LogP contribution is 2.36. The van der Waals surface area contributed by atoms with Gasteiger partial charge in [-0.2, -0.15) is 0 Å². The Labute approximate surface area is 144 Å². The van der Waals surface area contributed by atoms with Crippen molar-refractivity contribution in [3.05, 3.63) is 58.6 Å². The van der Waals surface area contributed by atoms with Crippen molar-refractivity contribution in [2.24, 2.45) is 5.92 Å². The van der Waals surface area contributed by atoms with Crippen LogP contribution in [0.4, 0.5) is 0 Å². The van der Waals surface area contributed by atoms with Crippen LogP contribution >= 0.6 is 23.2 Å². The van der Waals surface area contributed by atoms with Gasteiger partial charge in [-0.05, 0) is 43.0 Å². The Balaban J connectivity index is 1.82. The first-order valence-corrected chi connectivity index (χ1v) is 8.41. The number of pyridine rings is 1. The number of H-pyrrole nitrogens is 1. The summed E-state index contributed by atoms with van der Waals surface area (Å²) in [5, 5.41) is 1.09. The van der Waals surface area contributed by atoms with Crippen LogP contribution < -0.4 is 0 Å². The van der Waals surface area contributed by atoms with Crippen LogP contribution in [0.15, 0.2) is 42.7 Å². The lowest BCUT2D eigenvalue weighted by Crippen LogP contribution is -1.89. The number of aromatic amines is 1. The van der Waals surface area contributed by atoms with Gasteiger partial charge in [0.25, 0.3) is 0 Å². The van der Waals surface area contributed by atoms with Gasteiger partial charge in [0.05, 0.1) is 21.4 Å². The number of benzene rings is 1. The lowest BCUT2D eigenvalue weighted by molar-refractivity contribution is 0.785. The quantitative estimate of drug-likeness (QED) is 0.689. The first kappa shape index (κ1) is 14.7. The Morgan fingerprint density at radius 3 is 2.48 bits per heavy atom. The second kappa shape index (κ2) is 5.99. The van der Waals surface area contributed by atoms with Crippen LogP contribution in [0.5, 0.6) is 0 Å². The fraction of sp³-hybridized carbons (Fsp3) is 0.222. The Kier molecular flexibility index (Phi) is 3.83. The number of rotatable bonds is 4. The predicted molar refractivity (Wildman–Crippen MR) is 93.7 cm³/mol. The van der Waals surface area contributed by atoms with Crippen molar-refractivity contribution in [1.29, 1.82) is 0 Å². The van der Waals surface area contributed by atoms with E-state index in [1.54, 1.807) is 12.4 Å². The molecule has 0 unspecified atom stereocenters. The van der Waals surface area contributed by atoms with Gasteiger partial charge in [0.15, 0.2) is 0 Å². The summed E-state index contributed by atoms with van der Waals surface area (Å²) in [6.07, 6.45) is 7.17. The monoisotopic (exact) mass is 343 g/mol. The molecule has 1 N–H and O–H groups in total. The number of aromatic nitrogens is 3. The second-order valence-corrected chi connectivity index (χ2v) is 6.73. The topological polar surface area (TPSA) is 41.6 Å². The molecule has 0 amide bonds. The fourth-order valence-electron chi connectivity index (χ4n) is 2.69. The van der Waals surface area contributed by atoms with Gasteiger partial charge >= 0.3 is 0 Å². The highest BCUT2D eigenvalue weighted by Gasteiger charge is 2.24. The zero-order chi connectivity index (χ0) is 15.8. The molecule has 0 spiro atoms.